The summed E-state index contributed by atoms with van der Waals surface area (Å²) < 4.78 is 7.00. The zero-order valence-electron chi connectivity index (χ0n) is 13.9. The first-order valence-corrected chi connectivity index (χ1v) is 8.75. The molecule has 4 rings (SSSR count). The Morgan fingerprint density at radius 3 is 2.65 bits per heavy atom. The van der Waals surface area contributed by atoms with Crippen LogP contribution in [0.4, 0.5) is 10.8 Å². The fourth-order valence-electron chi connectivity index (χ4n) is 2.75. The number of aromatic hydroxyl groups is 1. The van der Waals surface area contributed by atoms with Gasteiger partial charge in [0.15, 0.2) is 5.69 Å². The Hall–Kier alpha value is -3.26. The molecule has 8 heteroatoms. The average Bonchev–Trinajstić information content (AvgIpc) is 3.28. The molecule has 2 heterocycles. The lowest BCUT2D eigenvalue weighted by atomic mass is 10.2. The number of fused-ring (bicyclic) bond motifs is 1. The molecule has 4 aromatic rings. The molecule has 0 saturated heterocycles. The van der Waals surface area contributed by atoms with E-state index in [9.17, 15) is 5.11 Å². The number of benzene rings is 2. The molecule has 130 valence electrons. The van der Waals surface area contributed by atoms with Gasteiger partial charge >= 0.3 is 0 Å². The van der Waals surface area contributed by atoms with Gasteiger partial charge < -0.3 is 14.4 Å². The first-order chi connectivity index (χ1) is 12.8. The largest absolute Gasteiger partial charge is 0.497 e. The van der Waals surface area contributed by atoms with Crippen molar-refractivity contribution in [3.63, 3.8) is 0 Å². The van der Waals surface area contributed by atoms with E-state index in [-0.39, 0.29) is 5.88 Å². The highest BCUT2D eigenvalue weighted by Gasteiger charge is 2.16. The third-order valence-corrected chi connectivity index (χ3v) is 4.58. The van der Waals surface area contributed by atoms with E-state index >= 15 is 0 Å². The Labute approximate surface area is 153 Å². The molecule has 0 unspecified atom stereocenters. The number of hydrogen-bond donors (Lipinski definition) is 1. The fourth-order valence-corrected chi connectivity index (χ4v) is 3.12. The number of methoxy groups -OCH3 is 1. The van der Waals surface area contributed by atoms with Crippen LogP contribution in [0.25, 0.3) is 10.9 Å². The summed E-state index contributed by atoms with van der Waals surface area (Å²) in [6.07, 6.45) is 0. The van der Waals surface area contributed by atoms with Crippen LogP contribution in [0.1, 0.15) is 5.56 Å². The van der Waals surface area contributed by atoms with Crippen LogP contribution >= 0.6 is 11.3 Å². The molecule has 0 bridgehead atoms. The highest BCUT2D eigenvalue weighted by Crippen LogP contribution is 2.39. The van der Waals surface area contributed by atoms with E-state index < -0.39 is 0 Å². The fraction of sp³-hybridized carbons (Fsp3) is 0.111. The normalized spacial score (nSPS) is 11.4. The van der Waals surface area contributed by atoms with Gasteiger partial charge in [-0.05, 0) is 23.8 Å². The molecule has 0 fully saturated rings. The Balaban J connectivity index is 1.75. The van der Waals surface area contributed by atoms with Gasteiger partial charge in [0, 0.05) is 5.39 Å². The number of nitrogens with zero attached hydrogens (tertiary/aromatic N) is 5. The smallest absolute Gasteiger partial charge is 0.251 e. The van der Waals surface area contributed by atoms with Gasteiger partial charge in [0.25, 0.3) is 5.13 Å². The number of hydrogen-bond acceptors (Lipinski definition) is 7. The summed E-state index contributed by atoms with van der Waals surface area (Å²) in [5.41, 5.74) is 3.92. The van der Waals surface area contributed by atoms with Crippen LogP contribution in [0.5, 0.6) is 11.6 Å². The summed E-state index contributed by atoms with van der Waals surface area (Å²) >= 11 is 1.28. The first kappa shape index (κ1) is 16.2. The van der Waals surface area contributed by atoms with E-state index in [1.165, 1.54) is 11.3 Å². The van der Waals surface area contributed by atoms with Gasteiger partial charge in [0.1, 0.15) is 11.3 Å². The van der Waals surface area contributed by atoms with Crippen LogP contribution in [0.15, 0.2) is 64.3 Å². The van der Waals surface area contributed by atoms with Gasteiger partial charge in [0.2, 0.25) is 5.88 Å². The maximum atomic E-state index is 10.8. The standard InChI is InChI=1S/C18H15N5O2S/c1-25-13-8-6-12(7-9-13)10-23-15-5-3-2-4-14(15)16(17(23)24)20-22-18-21-19-11-26-18/h2-9,11,24H,10H2,1H3. The highest BCUT2D eigenvalue weighted by atomic mass is 32.1. The molecular formula is C18H15N5O2S. The summed E-state index contributed by atoms with van der Waals surface area (Å²) in [5, 5.41) is 27.9. The minimum Gasteiger partial charge on any atom is -0.497 e. The lowest BCUT2D eigenvalue weighted by Crippen LogP contribution is -1.98. The number of rotatable bonds is 5. The second kappa shape index (κ2) is 6.93. The number of para-hydroxylation sites is 1. The minimum absolute atomic E-state index is 0.0651. The van der Waals surface area contributed by atoms with Gasteiger partial charge in [-0.25, -0.2) is 0 Å². The predicted octanol–water partition coefficient (Wildman–Crippen LogP) is 4.67. The number of azo groups is 1. The highest BCUT2D eigenvalue weighted by molar-refractivity contribution is 7.13. The van der Waals surface area contributed by atoms with Crippen molar-refractivity contribution in [3.8, 4) is 11.6 Å². The molecule has 0 spiro atoms. The molecule has 0 radical (unpaired) electrons. The van der Waals surface area contributed by atoms with Crippen molar-refractivity contribution in [2.24, 2.45) is 10.2 Å². The molecule has 0 saturated carbocycles. The average molecular weight is 365 g/mol. The molecule has 0 aliphatic heterocycles. The lowest BCUT2D eigenvalue weighted by Gasteiger charge is -2.08. The van der Waals surface area contributed by atoms with Gasteiger partial charge in [-0.3, -0.25) is 0 Å². The molecule has 2 aromatic carbocycles. The lowest BCUT2D eigenvalue weighted by molar-refractivity contribution is 0.414. The topological polar surface area (TPSA) is 84.9 Å². The Morgan fingerprint density at radius 2 is 1.92 bits per heavy atom. The van der Waals surface area contributed by atoms with E-state index in [0.29, 0.717) is 17.4 Å². The van der Waals surface area contributed by atoms with Crippen molar-refractivity contribution in [2.75, 3.05) is 7.11 Å². The van der Waals surface area contributed by atoms with Crippen LogP contribution in [-0.2, 0) is 6.54 Å². The first-order valence-electron chi connectivity index (χ1n) is 7.87. The third-order valence-electron chi connectivity index (χ3n) is 4.00. The zero-order chi connectivity index (χ0) is 17.9. The van der Waals surface area contributed by atoms with Crippen molar-refractivity contribution < 1.29 is 9.84 Å². The minimum atomic E-state index is 0.0651. The van der Waals surface area contributed by atoms with Gasteiger partial charge in [-0.2, -0.15) is 0 Å². The van der Waals surface area contributed by atoms with Crippen molar-refractivity contribution in [1.82, 2.24) is 14.8 Å². The SMILES string of the molecule is COc1ccc(Cn2c(O)c(N=Nc3nncs3)c3ccccc32)cc1. The Kier molecular flexibility index (Phi) is 4.32. The van der Waals surface area contributed by atoms with Crippen LogP contribution in [-0.4, -0.2) is 27.0 Å². The summed E-state index contributed by atoms with van der Waals surface area (Å²) in [6.45, 7) is 0.505. The summed E-state index contributed by atoms with van der Waals surface area (Å²) in [5.74, 6) is 0.858. The maximum Gasteiger partial charge on any atom is 0.251 e. The number of aromatic nitrogens is 3. The van der Waals surface area contributed by atoms with Gasteiger partial charge in [-0.15, -0.1) is 20.4 Å². The Morgan fingerprint density at radius 1 is 1.12 bits per heavy atom. The molecule has 0 aliphatic carbocycles. The Bertz CT molecular complexity index is 1060. The van der Waals surface area contributed by atoms with Gasteiger partial charge in [0.05, 0.1) is 19.2 Å². The van der Waals surface area contributed by atoms with E-state index in [0.717, 1.165) is 22.2 Å². The van der Waals surface area contributed by atoms with Crippen molar-refractivity contribution in [3.05, 3.63) is 59.6 Å². The molecule has 0 amide bonds. The predicted molar refractivity (Wildman–Crippen MR) is 99.8 cm³/mol. The van der Waals surface area contributed by atoms with Crippen LogP contribution in [0, 0.1) is 0 Å². The van der Waals surface area contributed by atoms with E-state index in [4.69, 9.17) is 4.74 Å². The molecule has 7 nitrogen and oxygen atoms in total. The summed E-state index contributed by atoms with van der Waals surface area (Å²) in [4.78, 5) is 0. The van der Waals surface area contributed by atoms with E-state index in [1.54, 1.807) is 12.6 Å². The second-order valence-corrected chi connectivity index (χ2v) is 6.36. The molecule has 26 heavy (non-hydrogen) atoms. The monoisotopic (exact) mass is 365 g/mol. The van der Waals surface area contributed by atoms with E-state index in [2.05, 4.69) is 20.4 Å². The molecular weight excluding hydrogens is 350 g/mol. The summed E-state index contributed by atoms with van der Waals surface area (Å²) in [7, 11) is 1.63. The second-order valence-electron chi connectivity index (χ2n) is 5.54. The zero-order valence-corrected chi connectivity index (χ0v) is 14.7. The van der Waals surface area contributed by atoms with Crippen molar-refractivity contribution in [2.45, 2.75) is 6.54 Å². The molecule has 0 atom stereocenters. The van der Waals surface area contributed by atoms with Gasteiger partial charge in [-0.1, -0.05) is 41.7 Å². The quantitative estimate of drug-likeness (QED) is 0.521. The summed E-state index contributed by atoms with van der Waals surface area (Å²) in [6, 6.07) is 15.4. The van der Waals surface area contributed by atoms with Crippen LogP contribution in [0.2, 0.25) is 0 Å². The molecule has 2 aromatic heterocycles. The van der Waals surface area contributed by atoms with Crippen LogP contribution in [0.3, 0.4) is 0 Å². The maximum absolute atomic E-state index is 10.8. The molecule has 1 N–H and O–H groups in total. The van der Waals surface area contributed by atoms with Crippen molar-refractivity contribution >= 4 is 33.1 Å². The third kappa shape index (κ3) is 3.02. The van der Waals surface area contributed by atoms with Crippen LogP contribution < -0.4 is 4.74 Å². The number of ether oxygens (including phenoxy) is 1. The van der Waals surface area contributed by atoms with E-state index in [1.807, 2.05) is 53.1 Å². The molecule has 0 aliphatic rings. The van der Waals surface area contributed by atoms with Crippen molar-refractivity contribution in [1.29, 1.82) is 0 Å².